The Kier molecular flexibility index (Phi) is 6.46. The minimum Gasteiger partial charge on any atom is -0.302 e. The predicted molar refractivity (Wildman–Crippen MR) is 112 cm³/mol. The summed E-state index contributed by atoms with van der Waals surface area (Å²) in [5.41, 5.74) is 2.59. The molecule has 0 saturated heterocycles. The highest BCUT2D eigenvalue weighted by atomic mass is 35.5. The molecule has 0 unspecified atom stereocenters. The summed E-state index contributed by atoms with van der Waals surface area (Å²) in [4.78, 5) is 16.8. The van der Waals surface area contributed by atoms with Crippen molar-refractivity contribution in [3.63, 3.8) is 0 Å². The summed E-state index contributed by atoms with van der Waals surface area (Å²) in [6, 6.07) is 13.8. The van der Waals surface area contributed by atoms with Gasteiger partial charge in [0.1, 0.15) is 0 Å². The zero-order chi connectivity index (χ0) is 20.1. The molecule has 28 heavy (non-hydrogen) atoms. The van der Waals surface area contributed by atoms with E-state index in [0.717, 1.165) is 16.8 Å². The van der Waals surface area contributed by atoms with Crippen LogP contribution in [0.25, 0.3) is 11.3 Å². The first-order valence-corrected chi connectivity index (χ1v) is 11.2. The number of halogens is 1. The van der Waals surface area contributed by atoms with E-state index in [1.54, 1.807) is 24.3 Å². The van der Waals surface area contributed by atoms with Gasteiger partial charge in [-0.2, -0.15) is 0 Å². The molecule has 2 N–H and O–H groups in total. The van der Waals surface area contributed by atoms with E-state index in [1.165, 1.54) is 30.5 Å². The highest BCUT2D eigenvalue weighted by Crippen LogP contribution is 2.26. The number of aryl methyl sites for hydroxylation is 1. The maximum Gasteiger partial charge on any atom is 0.240 e. The van der Waals surface area contributed by atoms with Gasteiger partial charge in [-0.15, -0.1) is 11.3 Å². The molecule has 1 aromatic heterocycles. The number of hydrogen-bond donors (Lipinski definition) is 2. The van der Waals surface area contributed by atoms with Gasteiger partial charge in [0.05, 0.1) is 10.6 Å². The zero-order valence-corrected chi connectivity index (χ0v) is 17.4. The summed E-state index contributed by atoms with van der Waals surface area (Å²) >= 11 is 7.25. The molecule has 0 aliphatic rings. The number of amides is 1. The van der Waals surface area contributed by atoms with Crippen molar-refractivity contribution in [2.24, 2.45) is 0 Å². The topological polar surface area (TPSA) is 88.2 Å². The first-order chi connectivity index (χ1) is 13.4. The molecular formula is C19H18ClN3O3S2. The Morgan fingerprint density at radius 3 is 2.43 bits per heavy atom. The smallest absolute Gasteiger partial charge is 0.240 e. The number of benzene rings is 2. The Morgan fingerprint density at radius 2 is 1.79 bits per heavy atom. The van der Waals surface area contributed by atoms with Gasteiger partial charge in [-0.1, -0.05) is 35.9 Å². The lowest BCUT2D eigenvalue weighted by Crippen LogP contribution is -2.18. The van der Waals surface area contributed by atoms with Crippen molar-refractivity contribution in [3.05, 3.63) is 64.5 Å². The molecule has 0 saturated carbocycles. The molecular weight excluding hydrogens is 418 g/mol. The quantitative estimate of drug-likeness (QED) is 0.588. The van der Waals surface area contributed by atoms with Crippen LogP contribution in [-0.4, -0.2) is 26.4 Å². The van der Waals surface area contributed by atoms with Crippen LogP contribution in [-0.2, 0) is 21.2 Å². The number of thiazole rings is 1. The first kappa shape index (κ1) is 20.5. The standard InChI is InChI=1S/C19H18ClN3O3S2/c1-21-28(25,26)16-9-2-13(3-10-16)4-11-18(24)23-19-22-17(12-27-19)14-5-7-15(20)8-6-14/h2-3,5-10,12,21H,4,11H2,1H3,(H,22,23,24). The van der Waals surface area contributed by atoms with E-state index in [4.69, 9.17) is 11.6 Å². The van der Waals surface area contributed by atoms with Crippen LogP contribution in [0.3, 0.4) is 0 Å². The lowest BCUT2D eigenvalue weighted by Gasteiger charge is -2.05. The highest BCUT2D eigenvalue weighted by Gasteiger charge is 2.12. The molecule has 0 fully saturated rings. The average Bonchev–Trinajstić information content (AvgIpc) is 3.15. The molecule has 0 bridgehead atoms. The van der Waals surface area contributed by atoms with Crippen molar-refractivity contribution in [3.8, 4) is 11.3 Å². The average molecular weight is 436 g/mol. The highest BCUT2D eigenvalue weighted by molar-refractivity contribution is 7.89. The van der Waals surface area contributed by atoms with Crippen molar-refractivity contribution < 1.29 is 13.2 Å². The van der Waals surface area contributed by atoms with Crippen molar-refractivity contribution in [2.75, 3.05) is 12.4 Å². The van der Waals surface area contributed by atoms with Crippen molar-refractivity contribution >= 4 is 44.0 Å². The van der Waals surface area contributed by atoms with E-state index >= 15 is 0 Å². The second-order valence-corrected chi connectivity index (χ2v) is 9.13. The van der Waals surface area contributed by atoms with Crippen molar-refractivity contribution in [2.45, 2.75) is 17.7 Å². The fourth-order valence-corrected chi connectivity index (χ4v) is 4.07. The van der Waals surface area contributed by atoms with Crippen LogP contribution in [0.2, 0.25) is 5.02 Å². The van der Waals surface area contributed by atoms with Gasteiger partial charge in [0, 0.05) is 22.4 Å². The molecule has 0 aliphatic carbocycles. The number of sulfonamides is 1. The normalized spacial score (nSPS) is 11.4. The van der Waals surface area contributed by atoms with E-state index < -0.39 is 10.0 Å². The lowest BCUT2D eigenvalue weighted by molar-refractivity contribution is -0.116. The third-order valence-electron chi connectivity index (χ3n) is 4.03. The largest absolute Gasteiger partial charge is 0.302 e. The third-order valence-corrected chi connectivity index (χ3v) is 6.47. The second-order valence-electron chi connectivity index (χ2n) is 5.94. The van der Waals surface area contributed by atoms with Crippen LogP contribution in [0, 0.1) is 0 Å². The second kappa shape index (κ2) is 8.83. The number of nitrogens with one attached hydrogen (secondary N) is 2. The van der Waals surface area contributed by atoms with E-state index in [9.17, 15) is 13.2 Å². The summed E-state index contributed by atoms with van der Waals surface area (Å²) in [6.07, 6.45) is 0.773. The molecule has 3 rings (SSSR count). The molecule has 0 atom stereocenters. The number of aromatic nitrogens is 1. The van der Waals surface area contributed by atoms with Crippen molar-refractivity contribution in [1.29, 1.82) is 0 Å². The summed E-state index contributed by atoms with van der Waals surface area (Å²) < 4.78 is 25.7. The van der Waals surface area contributed by atoms with Gasteiger partial charge < -0.3 is 5.32 Å². The summed E-state index contributed by atoms with van der Waals surface area (Å²) in [5, 5.41) is 5.86. The molecule has 0 radical (unpaired) electrons. The Labute approximate surface area is 172 Å². The van der Waals surface area contributed by atoms with Gasteiger partial charge >= 0.3 is 0 Å². The van der Waals surface area contributed by atoms with Gasteiger partial charge in [-0.3, -0.25) is 4.79 Å². The summed E-state index contributed by atoms with van der Waals surface area (Å²) in [7, 11) is -2.09. The lowest BCUT2D eigenvalue weighted by atomic mass is 10.1. The molecule has 1 amide bonds. The Morgan fingerprint density at radius 1 is 1.11 bits per heavy atom. The minimum atomic E-state index is -3.45. The third kappa shape index (κ3) is 5.17. The maximum absolute atomic E-state index is 12.2. The minimum absolute atomic E-state index is 0.149. The number of nitrogens with zero attached hydrogens (tertiary/aromatic N) is 1. The van der Waals surface area contributed by atoms with Crippen LogP contribution in [0.4, 0.5) is 5.13 Å². The molecule has 146 valence electrons. The molecule has 0 aliphatic heterocycles. The number of rotatable bonds is 7. The van der Waals surface area contributed by atoms with Gasteiger partial charge in [-0.25, -0.2) is 18.1 Å². The van der Waals surface area contributed by atoms with Gasteiger partial charge in [-0.05, 0) is 43.3 Å². The zero-order valence-electron chi connectivity index (χ0n) is 15.0. The van der Waals surface area contributed by atoms with Crippen LogP contribution in [0.1, 0.15) is 12.0 Å². The monoisotopic (exact) mass is 435 g/mol. The Hall–Kier alpha value is -2.26. The molecule has 2 aromatic carbocycles. The number of carbonyl (C=O) groups is 1. The number of anilines is 1. The molecule has 6 nitrogen and oxygen atoms in total. The molecule has 9 heteroatoms. The SMILES string of the molecule is CNS(=O)(=O)c1ccc(CCC(=O)Nc2nc(-c3ccc(Cl)cc3)cs2)cc1. The van der Waals surface area contributed by atoms with Crippen molar-refractivity contribution in [1.82, 2.24) is 9.71 Å². The molecule has 3 aromatic rings. The van der Waals surface area contributed by atoms with E-state index in [-0.39, 0.29) is 17.2 Å². The van der Waals surface area contributed by atoms with Crippen LogP contribution >= 0.6 is 22.9 Å². The van der Waals surface area contributed by atoms with Gasteiger partial charge in [0.2, 0.25) is 15.9 Å². The van der Waals surface area contributed by atoms with Gasteiger partial charge in [0.25, 0.3) is 0 Å². The fraction of sp³-hybridized carbons (Fsp3) is 0.158. The molecule has 0 spiro atoms. The summed E-state index contributed by atoms with van der Waals surface area (Å²) in [5.74, 6) is -0.149. The van der Waals surface area contributed by atoms with E-state index in [2.05, 4.69) is 15.0 Å². The summed E-state index contributed by atoms with van der Waals surface area (Å²) in [6.45, 7) is 0. The Balaban J connectivity index is 1.55. The van der Waals surface area contributed by atoms with E-state index in [1.807, 2.05) is 17.5 Å². The fourth-order valence-electron chi connectivity index (χ4n) is 2.48. The van der Waals surface area contributed by atoms with Crippen LogP contribution in [0.15, 0.2) is 58.8 Å². The number of hydrogen-bond acceptors (Lipinski definition) is 5. The first-order valence-electron chi connectivity index (χ1n) is 8.41. The maximum atomic E-state index is 12.2. The van der Waals surface area contributed by atoms with Crippen LogP contribution < -0.4 is 10.0 Å². The Bertz CT molecular complexity index is 1060. The van der Waals surface area contributed by atoms with Gasteiger partial charge in [0.15, 0.2) is 5.13 Å². The van der Waals surface area contributed by atoms with E-state index in [0.29, 0.717) is 16.6 Å². The molecule has 1 heterocycles. The number of carbonyl (C=O) groups excluding carboxylic acids is 1. The van der Waals surface area contributed by atoms with Crippen LogP contribution in [0.5, 0.6) is 0 Å². The predicted octanol–water partition coefficient (Wildman–Crippen LogP) is 3.94.